The summed E-state index contributed by atoms with van der Waals surface area (Å²) in [6, 6.07) is 4.67. The number of rotatable bonds is 24. The molecule has 0 aliphatic heterocycles. The van der Waals surface area contributed by atoms with E-state index in [9.17, 15) is 15.3 Å². The number of aliphatic hydroxyl groups excluding tert-OH is 1. The Morgan fingerprint density at radius 1 is 0.469 bits per heavy atom. The first-order chi connectivity index (χ1) is 23.4. The van der Waals surface area contributed by atoms with E-state index >= 15 is 0 Å². The van der Waals surface area contributed by atoms with Crippen LogP contribution in [0.3, 0.4) is 0 Å². The fraction of sp³-hybridized carbons (Fsp3) is 0.522. The molecule has 1 rings (SSSR count). The summed E-state index contributed by atoms with van der Waals surface area (Å²) in [5.74, 6) is 0.416. The van der Waals surface area contributed by atoms with Crippen LogP contribution in [0.2, 0.25) is 0 Å². The van der Waals surface area contributed by atoms with E-state index in [0.29, 0.717) is 6.42 Å². The third-order valence-electron chi connectivity index (χ3n) is 9.08. The van der Waals surface area contributed by atoms with Gasteiger partial charge in [-0.1, -0.05) is 87.6 Å². The van der Waals surface area contributed by atoms with E-state index in [-0.39, 0.29) is 18.1 Å². The highest BCUT2D eigenvalue weighted by molar-refractivity contribution is 5.40. The fourth-order valence-corrected chi connectivity index (χ4v) is 5.66. The predicted octanol–water partition coefficient (Wildman–Crippen LogP) is 13.7. The number of aromatic hydroxyl groups is 2. The van der Waals surface area contributed by atoms with Crippen molar-refractivity contribution in [2.75, 3.05) is 6.61 Å². The summed E-state index contributed by atoms with van der Waals surface area (Å²) in [4.78, 5) is 0. The summed E-state index contributed by atoms with van der Waals surface area (Å²) >= 11 is 0. The van der Waals surface area contributed by atoms with Gasteiger partial charge in [0, 0.05) is 5.56 Å². The summed E-state index contributed by atoms with van der Waals surface area (Å²) < 4.78 is 0. The molecule has 0 heterocycles. The van der Waals surface area contributed by atoms with Crippen molar-refractivity contribution in [3.63, 3.8) is 0 Å². The third-order valence-corrected chi connectivity index (χ3v) is 9.08. The average Bonchev–Trinajstić information content (AvgIpc) is 3.04. The Balaban J connectivity index is 2.30. The van der Waals surface area contributed by atoms with Crippen molar-refractivity contribution in [1.82, 2.24) is 0 Å². The molecule has 0 unspecified atom stereocenters. The van der Waals surface area contributed by atoms with Crippen LogP contribution in [0.5, 0.6) is 11.5 Å². The lowest BCUT2D eigenvalue weighted by Crippen LogP contribution is -1.91. The second-order valence-electron chi connectivity index (χ2n) is 14.4. The summed E-state index contributed by atoms with van der Waals surface area (Å²) in [6.07, 6.45) is 34.1. The number of phenols is 2. The Labute approximate surface area is 301 Å². The minimum Gasteiger partial charge on any atom is -0.508 e. The molecule has 49 heavy (non-hydrogen) atoms. The monoisotopic (exact) mass is 671 g/mol. The summed E-state index contributed by atoms with van der Waals surface area (Å²) in [6.45, 7) is 17.8. The topological polar surface area (TPSA) is 60.7 Å². The van der Waals surface area contributed by atoms with Crippen molar-refractivity contribution in [2.24, 2.45) is 0 Å². The second-order valence-corrected chi connectivity index (χ2v) is 14.4. The van der Waals surface area contributed by atoms with E-state index in [1.807, 2.05) is 0 Å². The van der Waals surface area contributed by atoms with Crippen molar-refractivity contribution in [1.29, 1.82) is 0 Å². The molecule has 0 saturated heterocycles. The van der Waals surface area contributed by atoms with Gasteiger partial charge in [-0.25, -0.2) is 0 Å². The van der Waals surface area contributed by atoms with Crippen LogP contribution in [0.15, 0.2) is 111 Å². The lowest BCUT2D eigenvalue weighted by atomic mass is 10.0. The summed E-state index contributed by atoms with van der Waals surface area (Å²) in [7, 11) is 0. The maximum Gasteiger partial charge on any atom is 0.119 e. The zero-order chi connectivity index (χ0) is 36.4. The molecule has 3 N–H and O–H groups in total. The first kappa shape index (κ1) is 43.7. The molecule has 0 aliphatic carbocycles. The first-order valence-corrected chi connectivity index (χ1v) is 18.8. The lowest BCUT2D eigenvalue weighted by molar-refractivity contribution is 0.326. The molecule has 0 spiro atoms. The van der Waals surface area contributed by atoms with Gasteiger partial charge < -0.3 is 15.3 Å². The SMILES string of the molecule is CC(C)=CCC/C(C)=C/CC/C(C)=C/CC/C(=C/CC/C(C)=C/CC/C(C)=C/CC/C(C)=C/CC/C(C)=C/Cc1cc(O)ccc1O)CO. The molecule has 0 fully saturated rings. The quantitative estimate of drug-likeness (QED) is 0.0758. The third kappa shape index (κ3) is 23.7. The fourth-order valence-electron chi connectivity index (χ4n) is 5.66. The number of aliphatic hydroxyl groups is 1. The Hall–Kier alpha value is -3.30. The molecule has 3 nitrogen and oxygen atoms in total. The van der Waals surface area contributed by atoms with Crippen LogP contribution in [0.25, 0.3) is 0 Å². The largest absolute Gasteiger partial charge is 0.508 e. The summed E-state index contributed by atoms with van der Waals surface area (Å²) in [5, 5.41) is 29.5. The van der Waals surface area contributed by atoms with Gasteiger partial charge in [-0.2, -0.15) is 0 Å². The highest BCUT2D eigenvalue weighted by Gasteiger charge is 2.02. The minimum absolute atomic E-state index is 0.159. The zero-order valence-corrected chi connectivity index (χ0v) is 32.5. The smallest absolute Gasteiger partial charge is 0.119 e. The maximum absolute atomic E-state index is 9.96. The van der Waals surface area contributed by atoms with E-state index in [4.69, 9.17) is 0 Å². The van der Waals surface area contributed by atoms with Gasteiger partial charge in [0.15, 0.2) is 0 Å². The summed E-state index contributed by atoms with van der Waals surface area (Å²) in [5.41, 5.74) is 11.9. The van der Waals surface area contributed by atoms with Crippen LogP contribution in [-0.2, 0) is 6.42 Å². The molecule has 272 valence electrons. The highest BCUT2D eigenvalue weighted by Crippen LogP contribution is 2.24. The molecule has 1 aromatic rings. The molecule has 0 aliphatic rings. The van der Waals surface area contributed by atoms with Crippen LogP contribution in [0, 0.1) is 0 Å². The van der Waals surface area contributed by atoms with Crippen LogP contribution < -0.4 is 0 Å². The molecule has 0 atom stereocenters. The number of hydrogen-bond donors (Lipinski definition) is 3. The van der Waals surface area contributed by atoms with Crippen molar-refractivity contribution >= 4 is 0 Å². The minimum atomic E-state index is 0.159. The molecule has 0 amide bonds. The Morgan fingerprint density at radius 2 is 0.837 bits per heavy atom. The van der Waals surface area contributed by atoms with Crippen LogP contribution >= 0.6 is 0 Å². The highest BCUT2D eigenvalue weighted by atomic mass is 16.3. The predicted molar refractivity (Wildman–Crippen MR) is 215 cm³/mol. The van der Waals surface area contributed by atoms with Crippen LogP contribution in [-0.4, -0.2) is 21.9 Å². The zero-order valence-electron chi connectivity index (χ0n) is 32.5. The lowest BCUT2D eigenvalue weighted by Gasteiger charge is -2.05. The van der Waals surface area contributed by atoms with Crippen molar-refractivity contribution in [3.8, 4) is 11.5 Å². The Bertz CT molecular complexity index is 1350. The van der Waals surface area contributed by atoms with Gasteiger partial charge in [0.2, 0.25) is 0 Å². The maximum atomic E-state index is 9.96. The normalized spacial score (nSPS) is 14.1. The van der Waals surface area contributed by atoms with Gasteiger partial charge in [-0.15, -0.1) is 0 Å². The number of phenolic OH excluding ortho intramolecular Hbond substituents is 2. The van der Waals surface area contributed by atoms with Gasteiger partial charge in [0.05, 0.1) is 6.61 Å². The van der Waals surface area contributed by atoms with E-state index < -0.39 is 0 Å². The molecule has 0 aromatic heterocycles. The average molecular weight is 671 g/mol. The molecule has 0 radical (unpaired) electrons. The van der Waals surface area contributed by atoms with Gasteiger partial charge in [0.1, 0.15) is 11.5 Å². The molecule has 3 heteroatoms. The number of allylic oxidation sites excluding steroid dienone is 15. The molecular weight excluding hydrogens is 601 g/mol. The van der Waals surface area contributed by atoms with Crippen molar-refractivity contribution in [2.45, 2.75) is 152 Å². The molecule has 1 aromatic carbocycles. The Kier molecular flexibility index (Phi) is 23.7. The van der Waals surface area contributed by atoms with E-state index in [1.54, 1.807) is 12.1 Å². The number of benzene rings is 1. The Morgan fingerprint density at radius 3 is 1.24 bits per heavy atom. The standard InChI is InChI=1S/C46H70O3/c1-36(2)16-9-17-37(3)18-10-22-40(6)26-14-28-43(35-47)29-15-27-41(7)23-12-21-38(4)19-11-20-39(5)24-13-25-42(8)30-31-44-34-45(48)32-33-46(44)49/h16,18-19,23-24,26,29-30,32-34,47-49H,9-15,17,20-22,25,27-28,31,35H2,1-8H3/b37-18+,38-19+,39-24+,40-26+,41-23+,42-30+,43-29-. The van der Waals surface area contributed by atoms with Crippen molar-refractivity contribution in [3.05, 3.63) is 117 Å². The van der Waals surface area contributed by atoms with Gasteiger partial charge >= 0.3 is 0 Å². The molecule has 0 bridgehead atoms. The molecular formula is C46H70O3. The van der Waals surface area contributed by atoms with E-state index in [1.165, 1.54) is 45.1 Å². The second kappa shape index (κ2) is 26.6. The van der Waals surface area contributed by atoms with Crippen molar-refractivity contribution < 1.29 is 15.3 Å². The first-order valence-electron chi connectivity index (χ1n) is 18.8. The number of hydrogen-bond acceptors (Lipinski definition) is 3. The van der Waals surface area contributed by atoms with Gasteiger partial charge in [-0.05, 0) is 175 Å². The van der Waals surface area contributed by atoms with E-state index in [0.717, 1.165) is 101 Å². The van der Waals surface area contributed by atoms with Gasteiger partial charge in [0.25, 0.3) is 0 Å². The van der Waals surface area contributed by atoms with Crippen LogP contribution in [0.4, 0.5) is 0 Å². The van der Waals surface area contributed by atoms with Crippen LogP contribution in [0.1, 0.15) is 151 Å². The molecule has 0 saturated carbocycles. The van der Waals surface area contributed by atoms with Gasteiger partial charge in [-0.3, -0.25) is 0 Å². The van der Waals surface area contributed by atoms with E-state index in [2.05, 4.69) is 104 Å².